The zero-order valence-corrected chi connectivity index (χ0v) is 14.6. The van der Waals surface area contributed by atoms with Gasteiger partial charge in [-0.05, 0) is 41.1 Å². The molecule has 2 N–H and O–H groups in total. The van der Waals surface area contributed by atoms with E-state index in [1.54, 1.807) is 24.3 Å². The Labute approximate surface area is 154 Å². The van der Waals surface area contributed by atoms with Gasteiger partial charge in [0.15, 0.2) is 0 Å². The first kappa shape index (κ1) is 17.8. The maximum Gasteiger partial charge on any atom is 0.294 e. The number of amides is 3. The molecule has 0 bridgehead atoms. The molecule has 2 aromatic carbocycles. The number of nitrogens with two attached hydrogens (primary N) is 1. The minimum absolute atomic E-state index is 0.247. The Bertz CT molecular complexity index is 880. The van der Waals surface area contributed by atoms with E-state index in [0.29, 0.717) is 12.4 Å². The first-order valence-electron chi connectivity index (χ1n) is 7.83. The molecule has 0 aliphatic carbocycles. The van der Waals surface area contributed by atoms with Crippen LogP contribution >= 0.6 is 11.8 Å². The van der Waals surface area contributed by atoms with Crippen molar-refractivity contribution in [2.45, 2.75) is 6.61 Å². The molecular formula is C19H16N2O4S. The van der Waals surface area contributed by atoms with Crippen LogP contribution in [-0.4, -0.2) is 28.5 Å². The van der Waals surface area contributed by atoms with Crippen LogP contribution in [0.4, 0.5) is 4.79 Å². The molecule has 0 atom stereocenters. The van der Waals surface area contributed by atoms with E-state index in [2.05, 4.69) is 0 Å². The van der Waals surface area contributed by atoms with E-state index in [-0.39, 0.29) is 4.91 Å². The van der Waals surface area contributed by atoms with Crippen molar-refractivity contribution in [2.24, 2.45) is 5.73 Å². The largest absolute Gasteiger partial charge is 0.489 e. The van der Waals surface area contributed by atoms with Gasteiger partial charge in [0.05, 0.1) is 4.91 Å². The predicted molar refractivity (Wildman–Crippen MR) is 99.1 cm³/mol. The average Bonchev–Trinajstić information content (AvgIpc) is 2.88. The molecule has 3 rings (SSSR count). The van der Waals surface area contributed by atoms with Crippen LogP contribution in [0.2, 0.25) is 0 Å². The highest BCUT2D eigenvalue weighted by Gasteiger charge is 2.35. The minimum Gasteiger partial charge on any atom is -0.489 e. The quantitative estimate of drug-likeness (QED) is 0.792. The Morgan fingerprint density at radius 2 is 1.88 bits per heavy atom. The number of hydrogen-bond acceptors (Lipinski definition) is 5. The molecule has 1 aliphatic rings. The van der Waals surface area contributed by atoms with Crippen LogP contribution in [-0.2, 0) is 16.2 Å². The predicted octanol–water partition coefficient (Wildman–Crippen LogP) is 2.79. The molecule has 0 spiro atoms. The minimum atomic E-state index is -0.732. The second-order valence-corrected chi connectivity index (χ2v) is 6.57. The van der Waals surface area contributed by atoms with Gasteiger partial charge in [0.25, 0.3) is 11.1 Å². The Kier molecular flexibility index (Phi) is 5.38. The van der Waals surface area contributed by atoms with Crippen LogP contribution in [0.5, 0.6) is 5.75 Å². The van der Waals surface area contributed by atoms with Gasteiger partial charge in [0, 0.05) is 0 Å². The van der Waals surface area contributed by atoms with Crippen LogP contribution < -0.4 is 10.5 Å². The number of primary amides is 1. The second kappa shape index (κ2) is 7.88. The third-order valence-corrected chi connectivity index (χ3v) is 4.50. The summed E-state index contributed by atoms with van der Waals surface area (Å²) in [5, 5.41) is -0.503. The molecule has 3 amide bonds. The van der Waals surface area contributed by atoms with E-state index in [4.69, 9.17) is 10.5 Å². The highest BCUT2D eigenvalue weighted by atomic mass is 32.2. The number of carbonyl (C=O) groups excluding carboxylic acids is 3. The van der Waals surface area contributed by atoms with E-state index in [1.807, 2.05) is 36.4 Å². The fourth-order valence-electron chi connectivity index (χ4n) is 2.38. The number of ether oxygens (including phenoxy) is 1. The molecule has 0 saturated carbocycles. The number of benzene rings is 2. The molecule has 0 radical (unpaired) electrons. The molecule has 0 aromatic heterocycles. The normalized spacial score (nSPS) is 15.5. The van der Waals surface area contributed by atoms with Crippen LogP contribution in [0.15, 0.2) is 59.5 Å². The lowest BCUT2D eigenvalue weighted by Crippen LogP contribution is -2.36. The maximum absolute atomic E-state index is 12.2. The number of nitrogens with zero attached hydrogens (tertiary/aromatic N) is 1. The topological polar surface area (TPSA) is 89.7 Å². The zero-order chi connectivity index (χ0) is 18.5. The Hall–Kier alpha value is -3.06. The Balaban J connectivity index is 1.72. The zero-order valence-electron chi connectivity index (χ0n) is 13.8. The van der Waals surface area contributed by atoms with Gasteiger partial charge in [0.2, 0.25) is 5.91 Å². The SMILES string of the molecule is NC(=O)CN1C(=O)S/C(=C\c2cccc(OCc3ccccc3)c2)C1=O. The van der Waals surface area contributed by atoms with E-state index >= 15 is 0 Å². The summed E-state index contributed by atoms with van der Waals surface area (Å²) in [6, 6.07) is 17.0. The van der Waals surface area contributed by atoms with Gasteiger partial charge in [-0.15, -0.1) is 0 Å². The Morgan fingerprint density at radius 3 is 2.62 bits per heavy atom. The molecule has 7 heteroatoms. The average molecular weight is 368 g/mol. The summed E-state index contributed by atoms with van der Waals surface area (Å²) in [6.07, 6.45) is 1.60. The molecule has 1 heterocycles. The van der Waals surface area contributed by atoms with Gasteiger partial charge in [-0.1, -0.05) is 42.5 Å². The fraction of sp³-hybridized carbons (Fsp3) is 0.105. The highest BCUT2D eigenvalue weighted by Crippen LogP contribution is 2.32. The summed E-state index contributed by atoms with van der Waals surface area (Å²) >= 11 is 0.785. The van der Waals surface area contributed by atoms with E-state index < -0.39 is 23.6 Å². The molecule has 0 unspecified atom stereocenters. The molecule has 1 aliphatic heterocycles. The van der Waals surface area contributed by atoms with Crippen molar-refractivity contribution in [1.29, 1.82) is 0 Å². The summed E-state index contributed by atoms with van der Waals surface area (Å²) < 4.78 is 5.76. The van der Waals surface area contributed by atoms with Crippen molar-refractivity contribution in [3.8, 4) is 5.75 Å². The monoisotopic (exact) mass is 368 g/mol. The lowest BCUT2D eigenvalue weighted by atomic mass is 10.2. The molecule has 26 heavy (non-hydrogen) atoms. The van der Waals surface area contributed by atoms with Crippen molar-refractivity contribution in [3.05, 3.63) is 70.6 Å². The van der Waals surface area contributed by atoms with Crippen molar-refractivity contribution in [2.75, 3.05) is 6.54 Å². The number of imide groups is 1. The fourth-order valence-corrected chi connectivity index (χ4v) is 3.22. The first-order valence-corrected chi connectivity index (χ1v) is 8.65. The molecule has 132 valence electrons. The first-order chi connectivity index (χ1) is 12.5. The van der Waals surface area contributed by atoms with Crippen molar-refractivity contribution in [1.82, 2.24) is 4.90 Å². The van der Waals surface area contributed by atoms with Gasteiger partial charge < -0.3 is 10.5 Å². The number of thioether (sulfide) groups is 1. The third-order valence-electron chi connectivity index (χ3n) is 3.59. The molecule has 6 nitrogen and oxygen atoms in total. The van der Waals surface area contributed by atoms with E-state index in [9.17, 15) is 14.4 Å². The highest BCUT2D eigenvalue weighted by molar-refractivity contribution is 8.18. The maximum atomic E-state index is 12.2. The summed E-state index contributed by atoms with van der Waals surface area (Å²) in [5.41, 5.74) is 6.83. The number of rotatable bonds is 6. The summed E-state index contributed by atoms with van der Waals surface area (Å²) in [5.74, 6) is -0.599. The summed E-state index contributed by atoms with van der Waals surface area (Å²) in [4.78, 5) is 36.1. The van der Waals surface area contributed by atoms with Crippen molar-refractivity contribution >= 4 is 34.9 Å². The van der Waals surface area contributed by atoms with Crippen LogP contribution in [0.1, 0.15) is 11.1 Å². The van der Waals surface area contributed by atoms with Crippen LogP contribution in [0.3, 0.4) is 0 Å². The van der Waals surface area contributed by atoms with Crippen molar-refractivity contribution < 1.29 is 19.1 Å². The molecule has 2 aromatic rings. The molecule has 1 fully saturated rings. The van der Waals surface area contributed by atoms with Gasteiger partial charge in [-0.3, -0.25) is 19.3 Å². The lowest BCUT2D eigenvalue weighted by molar-refractivity contribution is -0.127. The molecule has 1 saturated heterocycles. The number of carbonyl (C=O) groups is 3. The van der Waals surface area contributed by atoms with Gasteiger partial charge in [-0.25, -0.2) is 0 Å². The Morgan fingerprint density at radius 1 is 1.12 bits per heavy atom. The molecular weight excluding hydrogens is 352 g/mol. The smallest absolute Gasteiger partial charge is 0.294 e. The van der Waals surface area contributed by atoms with Gasteiger partial charge in [-0.2, -0.15) is 0 Å². The standard InChI is InChI=1S/C19H16N2O4S/c20-17(22)11-21-18(23)16(26-19(21)24)10-14-7-4-8-15(9-14)25-12-13-5-2-1-3-6-13/h1-10H,11-12H2,(H2,20,22)/b16-10-. The lowest BCUT2D eigenvalue weighted by Gasteiger charge is -2.08. The second-order valence-electron chi connectivity index (χ2n) is 5.58. The summed E-state index contributed by atoms with van der Waals surface area (Å²) in [6.45, 7) is 0.0155. The van der Waals surface area contributed by atoms with Crippen LogP contribution in [0.25, 0.3) is 6.08 Å². The van der Waals surface area contributed by atoms with E-state index in [0.717, 1.165) is 27.8 Å². The van der Waals surface area contributed by atoms with Gasteiger partial charge >= 0.3 is 0 Å². The summed E-state index contributed by atoms with van der Waals surface area (Å²) in [7, 11) is 0. The van der Waals surface area contributed by atoms with Gasteiger partial charge in [0.1, 0.15) is 18.9 Å². The number of hydrogen-bond donors (Lipinski definition) is 1. The van der Waals surface area contributed by atoms with E-state index in [1.165, 1.54) is 0 Å². The van der Waals surface area contributed by atoms with Crippen LogP contribution in [0, 0.1) is 0 Å². The third kappa shape index (κ3) is 4.31. The van der Waals surface area contributed by atoms with Crippen molar-refractivity contribution in [3.63, 3.8) is 0 Å².